The van der Waals surface area contributed by atoms with E-state index in [9.17, 15) is 0 Å². The fraction of sp³-hybridized carbons (Fsp3) is 0.0556. The first-order valence-corrected chi connectivity index (χ1v) is 8.16. The van der Waals surface area contributed by atoms with Gasteiger partial charge in [0.2, 0.25) is 5.88 Å². The highest BCUT2D eigenvalue weighted by molar-refractivity contribution is 9.10. The van der Waals surface area contributed by atoms with Crippen molar-refractivity contribution in [3.63, 3.8) is 0 Å². The Labute approximate surface area is 147 Å². The molecule has 4 aromatic rings. The maximum absolute atomic E-state index is 5.67. The summed E-state index contributed by atoms with van der Waals surface area (Å²) in [5.41, 5.74) is 3.08. The van der Waals surface area contributed by atoms with E-state index in [-0.39, 0.29) is 0 Å². The molecule has 2 aromatic carbocycles. The van der Waals surface area contributed by atoms with Crippen molar-refractivity contribution in [2.24, 2.45) is 7.05 Å². The van der Waals surface area contributed by atoms with Crippen LogP contribution >= 0.6 is 15.9 Å². The number of hydrogen-bond donors (Lipinski definition) is 0. The zero-order valence-electron chi connectivity index (χ0n) is 12.8. The molecule has 0 fully saturated rings. The molecule has 24 heavy (non-hydrogen) atoms. The van der Waals surface area contributed by atoms with Crippen LogP contribution in [0.4, 0.5) is 0 Å². The van der Waals surface area contributed by atoms with Gasteiger partial charge >= 0.3 is 0 Å². The first-order chi connectivity index (χ1) is 11.7. The summed E-state index contributed by atoms with van der Waals surface area (Å²) in [4.78, 5) is 12.8. The SMILES string of the molecule is Cn1c(-c2ccc(Oc3cnccn3)cc2)nc2cc(Br)ccc21. The largest absolute Gasteiger partial charge is 0.438 e. The van der Waals surface area contributed by atoms with Crippen LogP contribution in [-0.2, 0) is 7.05 Å². The lowest BCUT2D eigenvalue weighted by molar-refractivity contribution is 0.460. The Bertz CT molecular complexity index is 997. The van der Waals surface area contributed by atoms with Gasteiger partial charge < -0.3 is 9.30 Å². The molecule has 0 bridgehead atoms. The molecule has 0 aliphatic heterocycles. The van der Waals surface area contributed by atoms with Crippen molar-refractivity contribution >= 4 is 27.0 Å². The van der Waals surface area contributed by atoms with E-state index in [0.717, 1.165) is 26.9 Å². The van der Waals surface area contributed by atoms with E-state index in [1.807, 2.05) is 43.4 Å². The third-order valence-corrected chi connectivity index (χ3v) is 4.21. The van der Waals surface area contributed by atoms with E-state index in [1.54, 1.807) is 18.6 Å². The van der Waals surface area contributed by atoms with Gasteiger partial charge in [-0.3, -0.25) is 4.98 Å². The summed E-state index contributed by atoms with van der Waals surface area (Å²) in [6, 6.07) is 13.9. The molecule has 4 rings (SSSR count). The van der Waals surface area contributed by atoms with Crippen LogP contribution in [0.5, 0.6) is 11.6 Å². The molecule has 0 spiro atoms. The van der Waals surface area contributed by atoms with Gasteiger partial charge in [0, 0.05) is 29.5 Å². The molecule has 118 valence electrons. The summed E-state index contributed by atoms with van der Waals surface area (Å²) in [6.45, 7) is 0. The van der Waals surface area contributed by atoms with Gasteiger partial charge in [0.1, 0.15) is 11.6 Å². The fourth-order valence-electron chi connectivity index (χ4n) is 2.56. The second-order valence-electron chi connectivity index (χ2n) is 5.30. The number of halogens is 1. The van der Waals surface area contributed by atoms with Crippen LogP contribution in [0.2, 0.25) is 0 Å². The number of benzene rings is 2. The van der Waals surface area contributed by atoms with Crippen molar-refractivity contribution in [2.45, 2.75) is 0 Å². The Kier molecular flexibility index (Phi) is 3.74. The highest BCUT2D eigenvalue weighted by atomic mass is 79.9. The quantitative estimate of drug-likeness (QED) is 0.521. The van der Waals surface area contributed by atoms with E-state index < -0.39 is 0 Å². The average molecular weight is 381 g/mol. The summed E-state index contributed by atoms with van der Waals surface area (Å²) >= 11 is 3.49. The molecule has 0 N–H and O–H groups in total. The summed E-state index contributed by atoms with van der Waals surface area (Å²) in [7, 11) is 2.02. The molecule has 0 amide bonds. The van der Waals surface area contributed by atoms with Crippen LogP contribution in [0.15, 0.2) is 65.5 Å². The maximum atomic E-state index is 5.67. The van der Waals surface area contributed by atoms with Gasteiger partial charge in [-0.05, 0) is 42.5 Å². The molecule has 2 heterocycles. The van der Waals surface area contributed by atoms with Crippen LogP contribution in [0.1, 0.15) is 0 Å². The van der Waals surface area contributed by atoms with Gasteiger partial charge in [0.25, 0.3) is 0 Å². The van der Waals surface area contributed by atoms with Crippen LogP contribution in [0, 0.1) is 0 Å². The molecule has 6 heteroatoms. The minimum absolute atomic E-state index is 0.470. The number of imidazole rings is 1. The maximum Gasteiger partial charge on any atom is 0.237 e. The zero-order chi connectivity index (χ0) is 16.5. The molecule has 0 atom stereocenters. The number of ether oxygens (including phenoxy) is 1. The van der Waals surface area contributed by atoms with E-state index in [2.05, 4.69) is 36.5 Å². The van der Waals surface area contributed by atoms with Crippen molar-refractivity contribution in [1.29, 1.82) is 0 Å². The molecule has 2 aromatic heterocycles. The molecular weight excluding hydrogens is 368 g/mol. The normalized spacial score (nSPS) is 10.9. The fourth-order valence-corrected chi connectivity index (χ4v) is 2.91. The van der Waals surface area contributed by atoms with E-state index in [4.69, 9.17) is 9.72 Å². The lowest BCUT2D eigenvalue weighted by Crippen LogP contribution is -1.93. The third kappa shape index (κ3) is 2.76. The second kappa shape index (κ2) is 6.05. The smallest absolute Gasteiger partial charge is 0.237 e. The number of nitrogens with zero attached hydrogens (tertiary/aromatic N) is 4. The molecular formula is C18H13BrN4O. The summed E-state index contributed by atoms with van der Waals surface area (Å²) in [5.74, 6) is 2.09. The molecule has 5 nitrogen and oxygen atoms in total. The Morgan fingerprint density at radius 2 is 1.88 bits per heavy atom. The minimum Gasteiger partial charge on any atom is -0.438 e. The first-order valence-electron chi connectivity index (χ1n) is 7.37. The van der Waals surface area contributed by atoms with Gasteiger partial charge in [-0.15, -0.1) is 0 Å². The van der Waals surface area contributed by atoms with Crippen LogP contribution in [0.25, 0.3) is 22.4 Å². The van der Waals surface area contributed by atoms with Gasteiger partial charge in [-0.2, -0.15) is 0 Å². The molecule has 0 radical (unpaired) electrons. The highest BCUT2D eigenvalue weighted by Crippen LogP contribution is 2.28. The minimum atomic E-state index is 0.470. The lowest BCUT2D eigenvalue weighted by atomic mass is 10.2. The zero-order valence-corrected chi connectivity index (χ0v) is 14.4. The van der Waals surface area contributed by atoms with Crippen molar-refractivity contribution in [1.82, 2.24) is 19.5 Å². The van der Waals surface area contributed by atoms with Gasteiger partial charge in [-0.25, -0.2) is 9.97 Å². The standard InChI is InChI=1S/C18H13BrN4O/c1-23-16-7-4-13(19)10-15(16)22-18(23)12-2-5-14(6-3-12)24-17-11-20-8-9-21-17/h2-11H,1H3. The Morgan fingerprint density at radius 3 is 2.62 bits per heavy atom. The van der Waals surface area contributed by atoms with E-state index in [0.29, 0.717) is 11.6 Å². The van der Waals surface area contributed by atoms with Gasteiger partial charge in [0.15, 0.2) is 0 Å². The Balaban J connectivity index is 1.66. The van der Waals surface area contributed by atoms with Gasteiger partial charge in [0.05, 0.1) is 17.2 Å². The topological polar surface area (TPSA) is 52.8 Å². The number of hydrogen-bond acceptors (Lipinski definition) is 4. The average Bonchev–Trinajstić information content (AvgIpc) is 2.92. The monoisotopic (exact) mass is 380 g/mol. The number of aromatic nitrogens is 4. The number of aryl methyl sites for hydroxylation is 1. The lowest BCUT2D eigenvalue weighted by Gasteiger charge is -2.06. The van der Waals surface area contributed by atoms with Crippen molar-refractivity contribution in [3.05, 3.63) is 65.5 Å². The Hall–Kier alpha value is -2.73. The second-order valence-corrected chi connectivity index (χ2v) is 6.21. The summed E-state index contributed by atoms with van der Waals surface area (Å²) < 4.78 is 8.77. The van der Waals surface area contributed by atoms with E-state index >= 15 is 0 Å². The molecule has 0 saturated heterocycles. The first kappa shape index (κ1) is 14.8. The highest BCUT2D eigenvalue weighted by Gasteiger charge is 2.10. The van der Waals surface area contributed by atoms with E-state index in [1.165, 1.54) is 0 Å². The van der Waals surface area contributed by atoms with Crippen LogP contribution < -0.4 is 4.74 Å². The van der Waals surface area contributed by atoms with Crippen molar-refractivity contribution < 1.29 is 4.74 Å². The molecule has 0 aliphatic rings. The van der Waals surface area contributed by atoms with Crippen LogP contribution in [-0.4, -0.2) is 19.5 Å². The van der Waals surface area contributed by atoms with Crippen LogP contribution in [0.3, 0.4) is 0 Å². The molecule has 0 saturated carbocycles. The summed E-state index contributed by atoms with van der Waals surface area (Å²) in [6.07, 6.45) is 4.79. The van der Waals surface area contributed by atoms with Gasteiger partial charge in [-0.1, -0.05) is 15.9 Å². The Morgan fingerprint density at radius 1 is 1.04 bits per heavy atom. The number of rotatable bonds is 3. The van der Waals surface area contributed by atoms with Crippen molar-refractivity contribution in [3.8, 4) is 23.0 Å². The number of fused-ring (bicyclic) bond motifs is 1. The molecule has 0 unspecified atom stereocenters. The molecule has 0 aliphatic carbocycles. The summed E-state index contributed by atoms with van der Waals surface area (Å²) in [5, 5.41) is 0. The predicted octanol–water partition coefficient (Wildman–Crippen LogP) is 4.59. The van der Waals surface area contributed by atoms with Crippen molar-refractivity contribution in [2.75, 3.05) is 0 Å². The third-order valence-electron chi connectivity index (χ3n) is 3.72. The predicted molar refractivity (Wildman–Crippen MR) is 96.0 cm³/mol.